The number of rotatable bonds is 3. The first-order valence-electron chi connectivity index (χ1n) is 6.84. The van der Waals surface area contributed by atoms with Crippen LogP contribution < -0.4 is 5.32 Å². The molecule has 94 valence electrons. The number of nitrogens with one attached hydrogen (secondary N) is 1. The number of nitrogens with zero attached hydrogens (tertiary/aromatic N) is 1. The van der Waals surface area contributed by atoms with Gasteiger partial charge in [0.2, 0.25) is 0 Å². The third-order valence-electron chi connectivity index (χ3n) is 4.02. The smallest absolute Gasteiger partial charge is 0.0161 e. The molecule has 0 aromatic rings. The Hall–Kier alpha value is 0.270. The summed E-state index contributed by atoms with van der Waals surface area (Å²) in [6.07, 6.45) is 5.54. The molecule has 3 heteroatoms. The van der Waals surface area contributed by atoms with Gasteiger partial charge in [0.25, 0.3) is 0 Å². The van der Waals surface area contributed by atoms with E-state index in [1.54, 1.807) is 0 Å². The molecule has 0 aromatic carbocycles. The fourth-order valence-corrected chi connectivity index (χ4v) is 4.11. The van der Waals surface area contributed by atoms with Crippen LogP contribution in [0, 0.1) is 0 Å². The molecule has 0 aliphatic carbocycles. The van der Waals surface area contributed by atoms with E-state index in [1.807, 2.05) is 0 Å². The molecular weight excluding hydrogens is 216 g/mol. The Morgan fingerprint density at radius 2 is 2.31 bits per heavy atom. The van der Waals surface area contributed by atoms with Crippen molar-refractivity contribution < 1.29 is 0 Å². The van der Waals surface area contributed by atoms with Crippen LogP contribution >= 0.6 is 11.8 Å². The highest BCUT2D eigenvalue weighted by Crippen LogP contribution is 2.22. The lowest BCUT2D eigenvalue weighted by molar-refractivity contribution is 0.149. The zero-order valence-corrected chi connectivity index (χ0v) is 11.6. The van der Waals surface area contributed by atoms with Gasteiger partial charge in [-0.2, -0.15) is 11.8 Å². The second-order valence-corrected chi connectivity index (χ2v) is 6.54. The second kappa shape index (κ2) is 6.27. The van der Waals surface area contributed by atoms with E-state index in [0.29, 0.717) is 0 Å². The molecular formula is C13H26N2S. The average molecular weight is 242 g/mol. The summed E-state index contributed by atoms with van der Waals surface area (Å²) in [5.41, 5.74) is 0. The Kier molecular flexibility index (Phi) is 4.98. The zero-order valence-electron chi connectivity index (χ0n) is 10.7. The first-order chi connectivity index (χ1) is 7.77. The zero-order chi connectivity index (χ0) is 11.4. The van der Waals surface area contributed by atoms with Gasteiger partial charge in [0.1, 0.15) is 0 Å². The predicted molar refractivity (Wildman–Crippen MR) is 73.2 cm³/mol. The summed E-state index contributed by atoms with van der Waals surface area (Å²) < 4.78 is 0. The molecule has 2 heterocycles. The van der Waals surface area contributed by atoms with Gasteiger partial charge in [-0.05, 0) is 39.7 Å². The molecule has 2 saturated heterocycles. The van der Waals surface area contributed by atoms with Gasteiger partial charge >= 0.3 is 0 Å². The Balaban J connectivity index is 1.78. The maximum atomic E-state index is 3.67. The molecule has 0 spiro atoms. The van der Waals surface area contributed by atoms with Crippen LogP contribution in [0.15, 0.2) is 0 Å². The van der Waals surface area contributed by atoms with E-state index in [4.69, 9.17) is 0 Å². The van der Waals surface area contributed by atoms with E-state index in [2.05, 4.69) is 35.8 Å². The van der Waals surface area contributed by atoms with Crippen LogP contribution in [0.5, 0.6) is 0 Å². The molecule has 0 bridgehead atoms. The Morgan fingerprint density at radius 3 is 3.00 bits per heavy atom. The highest BCUT2D eigenvalue weighted by Gasteiger charge is 2.25. The topological polar surface area (TPSA) is 15.3 Å². The number of hydrogen-bond acceptors (Lipinski definition) is 3. The van der Waals surface area contributed by atoms with Crippen LogP contribution in [0.2, 0.25) is 0 Å². The summed E-state index contributed by atoms with van der Waals surface area (Å²) >= 11 is 2.11. The molecule has 2 aliphatic heterocycles. The normalized spacial score (nSPS) is 34.9. The molecule has 2 aliphatic rings. The molecule has 1 N–H and O–H groups in total. The lowest BCUT2D eigenvalue weighted by Crippen LogP contribution is -2.48. The summed E-state index contributed by atoms with van der Waals surface area (Å²) in [6, 6.07) is 2.31. The van der Waals surface area contributed by atoms with Gasteiger partial charge in [0.05, 0.1) is 0 Å². The molecule has 0 amide bonds. The first kappa shape index (κ1) is 12.7. The molecule has 2 rings (SSSR count). The van der Waals surface area contributed by atoms with Gasteiger partial charge in [-0.1, -0.05) is 6.42 Å². The largest absolute Gasteiger partial charge is 0.314 e. The average Bonchev–Trinajstić information content (AvgIpc) is 2.31. The van der Waals surface area contributed by atoms with E-state index in [0.717, 1.165) is 18.1 Å². The maximum absolute atomic E-state index is 3.67. The highest BCUT2D eigenvalue weighted by molar-refractivity contribution is 7.99. The van der Waals surface area contributed by atoms with Crippen LogP contribution in [0.1, 0.15) is 39.5 Å². The van der Waals surface area contributed by atoms with Crippen LogP contribution in [-0.2, 0) is 0 Å². The van der Waals surface area contributed by atoms with Crippen molar-refractivity contribution in [1.29, 1.82) is 0 Å². The Labute approximate surface area is 105 Å². The van der Waals surface area contributed by atoms with Gasteiger partial charge in [0.15, 0.2) is 0 Å². The van der Waals surface area contributed by atoms with Gasteiger partial charge in [-0.15, -0.1) is 0 Å². The minimum absolute atomic E-state index is 0.756. The quantitative estimate of drug-likeness (QED) is 0.818. The van der Waals surface area contributed by atoms with Crippen molar-refractivity contribution in [3.8, 4) is 0 Å². The van der Waals surface area contributed by atoms with Crippen LogP contribution in [-0.4, -0.2) is 47.6 Å². The molecule has 0 aromatic heterocycles. The van der Waals surface area contributed by atoms with Crippen molar-refractivity contribution in [1.82, 2.24) is 10.2 Å². The summed E-state index contributed by atoms with van der Waals surface area (Å²) in [6.45, 7) is 7.34. The first-order valence-corrected chi connectivity index (χ1v) is 7.99. The number of piperidine rings is 1. The van der Waals surface area contributed by atoms with E-state index in [1.165, 1.54) is 50.3 Å². The van der Waals surface area contributed by atoms with Crippen molar-refractivity contribution in [2.75, 3.05) is 24.6 Å². The summed E-state index contributed by atoms with van der Waals surface area (Å²) in [5, 5.41) is 3.67. The van der Waals surface area contributed by atoms with Crippen molar-refractivity contribution in [3.63, 3.8) is 0 Å². The predicted octanol–water partition coefficient (Wildman–Crippen LogP) is 2.34. The van der Waals surface area contributed by atoms with E-state index >= 15 is 0 Å². The minimum atomic E-state index is 0.756. The van der Waals surface area contributed by atoms with Crippen molar-refractivity contribution >= 4 is 11.8 Å². The third-order valence-corrected chi connectivity index (χ3v) is 5.21. The molecule has 16 heavy (non-hydrogen) atoms. The molecule has 0 saturated carbocycles. The monoisotopic (exact) mass is 242 g/mol. The lowest BCUT2D eigenvalue weighted by atomic mass is 9.97. The SMILES string of the molecule is CC1CSCCN1C(C)CC1CCCCN1. The van der Waals surface area contributed by atoms with Crippen LogP contribution in [0.4, 0.5) is 0 Å². The summed E-state index contributed by atoms with van der Waals surface area (Å²) in [7, 11) is 0. The Bertz CT molecular complexity index is 204. The van der Waals surface area contributed by atoms with Gasteiger partial charge in [0, 0.05) is 36.2 Å². The van der Waals surface area contributed by atoms with Gasteiger partial charge < -0.3 is 5.32 Å². The van der Waals surface area contributed by atoms with Crippen molar-refractivity contribution in [2.24, 2.45) is 0 Å². The third kappa shape index (κ3) is 3.38. The fraction of sp³-hybridized carbons (Fsp3) is 1.00. The van der Waals surface area contributed by atoms with Crippen LogP contribution in [0.3, 0.4) is 0 Å². The number of hydrogen-bond donors (Lipinski definition) is 1. The maximum Gasteiger partial charge on any atom is 0.0161 e. The summed E-state index contributed by atoms with van der Waals surface area (Å²) in [5.74, 6) is 2.65. The fourth-order valence-electron chi connectivity index (χ4n) is 3.07. The van der Waals surface area contributed by atoms with Crippen LogP contribution in [0.25, 0.3) is 0 Å². The summed E-state index contributed by atoms with van der Waals surface area (Å²) in [4.78, 5) is 2.72. The molecule has 3 atom stereocenters. The van der Waals surface area contributed by atoms with Crippen molar-refractivity contribution in [2.45, 2.75) is 57.7 Å². The lowest BCUT2D eigenvalue weighted by Gasteiger charge is -2.39. The van der Waals surface area contributed by atoms with E-state index < -0.39 is 0 Å². The van der Waals surface area contributed by atoms with E-state index in [-0.39, 0.29) is 0 Å². The van der Waals surface area contributed by atoms with Gasteiger partial charge in [-0.25, -0.2) is 0 Å². The molecule has 0 radical (unpaired) electrons. The van der Waals surface area contributed by atoms with Gasteiger partial charge in [-0.3, -0.25) is 4.90 Å². The molecule has 2 fully saturated rings. The molecule has 2 nitrogen and oxygen atoms in total. The minimum Gasteiger partial charge on any atom is -0.314 e. The second-order valence-electron chi connectivity index (χ2n) is 5.39. The van der Waals surface area contributed by atoms with E-state index in [9.17, 15) is 0 Å². The molecule has 3 unspecified atom stereocenters. The highest BCUT2D eigenvalue weighted by atomic mass is 32.2. The standard InChI is InChI=1S/C13H26N2S/c1-11(9-13-5-3-4-6-14-13)15-7-8-16-10-12(15)2/h11-14H,3-10H2,1-2H3. The Morgan fingerprint density at radius 1 is 1.44 bits per heavy atom. The number of thioether (sulfide) groups is 1. The van der Waals surface area contributed by atoms with Crippen molar-refractivity contribution in [3.05, 3.63) is 0 Å².